The molecule has 12 heteroatoms. The van der Waals surface area contributed by atoms with Gasteiger partial charge >= 0.3 is 0 Å². The van der Waals surface area contributed by atoms with E-state index in [-0.39, 0.29) is 28.5 Å². The number of furan rings is 1. The molecule has 0 unspecified atom stereocenters. The number of para-hydroxylation sites is 1. The van der Waals surface area contributed by atoms with Crippen LogP contribution in [0, 0.1) is 10.1 Å². The summed E-state index contributed by atoms with van der Waals surface area (Å²) in [5.74, 6) is 1.17. The minimum atomic E-state index is -0.771. The number of carbonyl (C=O) groups excluding carboxylic acids is 1. The number of nitrogens with zero attached hydrogens (tertiary/aromatic N) is 3. The highest BCUT2D eigenvalue weighted by Gasteiger charge is 2.32. The highest BCUT2D eigenvalue weighted by molar-refractivity contribution is 7.07. The number of amides is 1. The number of thiazole rings is 1. The summed E-state index contributed by atoms with van der Waals surface area (Å²) < 4.78 is 18.2. The average molecular weight is 623 g/mol. The van der Waals surface area contributed by atoms with Gasteiger partial charge in [0.15, 0.2) is 4.80 Å². The van der Waals surface area contributed by atoms with Gasteiger partial charge in [-0.15, -0.1) is 0 Å². The summed E-state index contributed by atoms with van der Waals surface area (Å²) in [6.45, 7) is 1.74. The SMILES string of the molecule is COc1ccc([C@@H]2C(C(=O)Nc3ccccc3)=C(C)N=c3s/c(=C/c4ccc(-c5ccc(OC)cc5[N+](=O)[O-])o4)c(=O)n32)cc1. The third kappa shape index (κ3) is 5.66. The number of ether oxygens (including phenoxy) is 2. The Balaban J connectivity index is 1.44. The summed E-state index contributed by atoms with van der Waals surface area (Å²) >= 11 is 1.16. The number of aromatic nitrogens is 1. The van der Waals surface area contributed by atoms with Crippen molar-refractivity contribution in [3.63, 3.8) is 0 Å². The Morgan fingerprint density at radius 3 is 2.42 bits per heavy atom. The molecule has 226 valence electrons. The Kier molecular flexibility index (Phi) is 7.88. The van der Waals surface area contributed by atoms with Gasteiger partial charge in [-0.25, -0.2) is 4.99 Å². The number of allylic oxidation sites excluding steroid dienone is 1. The number of nitro groups is 1. The zero-order chi connectivity index (χ0) is 31.7. The number of benzene rings is 3. The van der Waals surface area contributed by atoms with Crippen LogP contribution in [0.2, 0.25) is 0 Å². The van der Waals surface area contributed by atoms with Crippen LogP contribution < -0.4 is 29.7 Å². The highest BCUT2D eigenvalue weighted by atomic mass is 32.1. The second kappa shape index (κ2) is 12.1. The first kappa shape index (κ1) is 29.3. The summed E-state index contributed by atoms with van der Waals surface area (Å²) in [6.07, 6.45) is 1.57. The third-order valence-electron chi connectivity index (χ3n) is 7.30. The van der Waals surface area contributed by atoms with Gasteiger partial charge in [-0.2, -0.15) is 0 Å². The van der Waals surface area contributed by atoms with Crippen LogP contribution in [0.25, 0.3) is 17.4 Å². The maximum Gasteiger partial charge on any atom is 0.284 e. The van der Waals surface area contributed by atoms with E-state index >= 15 is 0 Å². The molecule has 1 aliphatic heterocycles. The molecule has 11 nitrogen and oxygen atoms in total. The Morgan fingerprint density at radius 1 is 1.02 bits per heavy atom. The second-order valence-corrected chi connectivity index (χ2v) is 11.0. The zero-order valence-electron chi connectivity index (χ0n) is 24.3. The van der Waals surface area contributed by atoms with Gasteiger partial charge in [0.1, 0.15) is 23.0 Å². The number of anilines is 1. The number of nitro benzene ring substituents is 1. The van der Waals surface area contributed by atoms with Gasteiger partial charge in [-0.05, 0) is 61.0 Å². The molecule has 1 N–H and O–H groups in total. The van der Waals surface area contributed by atoms with Crippen LogP contribution in [0.1, 0.15) is 24.3 Å². The van der Waals surface area contributed by atoms with Crippen LogP contribution in [0.15, 0.2) is 110 Å². The number of nitrogens with one attached hydrogen (secondary N) is 1. The fraction of sp³-hybridized carbons (Fsp3) is 0.121. The minimum absolute atomic E-state index is 0.175. The molecule has 1 atom stereocenters. The van der Waals surface area contributed by atoms with Gasteiger partial charge in [-0.3, -0.25) is 24.3 Å². The van der Waals surface area contributed by atoms with Gasteiger partial charge in [0, 0.05) is 11.8 Å². The lowest BCUT2D eigenvalue weighted by molar-refractivity contribution is -0.384. The van der Waals surface area contributed by atoms with Crippen molar-refractivity contribution in [2.24, 2.45) is 4.99 Å². The molecule has 3 heterocycles. The number of hydrogen-bond donors (Lipinski definition) is 1. The smallest absolute Gasteiger partial charge is 0.284 e. The van der Waals surface area contributed by atoms with Crippen LogP contribution in [0.4, 0.5) is 11.4 Å². The molecule has 1 amide bonds. The molecular weight excluding hydrogens is 596 g/mol. The topological polar surface area (TPSA) is 138 Å². The molecule has 0 radical (unpaired) electrons. The van der Waals surface area contributed by atoms with Crippen LogP contribution in [0.5, 0.6) is 11.5 Å². The molecule has 2 aromatic heterocycles. The monoisotopic (exact) mass is 622 g/mol. The second-order valence-electron chi connectivity index (χ2n) is 10.0. The van der Waals surface area contributed by atoms with Gasteiger partial charge in [-0.1, -0.05) is 41.7 Å². The van der Waals surface area contributed by atoms with E-state index < -0.39 is 11.0 Å². The number of hydrogen-bond acceptors (Lipinski definition) is 9. The van der Waals surface area contributed by atoms with Gasteiger partial charge in [0.2, 0.25) is 0 Å². The van der Waals surface area contributed by atoms with Crippen molar-refractivity contribution in [3.8, 4) is 22.8 Å². The van der Waals surface area contributed by atoms with E-state index in [0.717, 1.165) is 11.3 Å². The fourth-order valence-electron chi connectivity index (χ4n) is 5.14. The summed E-state index contributed by atoms with van der Waals surface area (Å²) in [6, 6.07) is 23.2. The van der Waals surface area contributed by atoms with E-state index in [0.29, 0.717) is 49.1 Å². The molecule has 1 aliphatic rings. The molecular formula is C33H26N4O7S. The maximum atomic E-state index is 14.0. The average Bonchev–Trinajstić information content (AvgIpc) is 3.64. The molecule has 0 fully saturated rings. The molecule has 45 heavy (non-hydrogen) atoms. The van der Waals surface area contributed by atoms with Crippen molar-refractivity contribution in [1.29, 1.82) is 0 Å². The quantitative estimate of drug-likeness (QED) is 0.189. The van der Waals surface area contributed by atoms with Crippen molar-refractivity contribution < 1.29 is 23.6 Å². The minimum Gasteiger partial charge on any atom is -0.497 e. The Labute approximate surface area is 260 Å². The molecule has 0 spiro atoms. The number of rotatable bonds is 8. The van der Waals surface area contributed by atoms with Gasteiger partial charge in [0.25, 0.3) is 17.2 Å². The number of carbonyl (C=O) groups is 1. The summed E-state index contributed by atoms with van der Waals surface area (Å²) in [7, 11) is 2.99. The summed E-state index contributed by atoms with van der Waals surface area (Å²) in [5.41, 5.74) is 1.84. The number of fused-ring (bicyclic) bond motifs is 1. The molecule has 3 aromatic carbocycles. The predicted octanol–water partition coefficient (Wildman–Crippen LogP) is 5.06. The van der Waals surface area contributed by atoms with E-state index in [2.05, 4.69) is 10.3 Å². The van der Waals surface area contributed by atoms with E-state index in [9.17, 15) is 19.7 Å². The Morgan fingerprint density at radius 2 is 1.73 bits per heavy atom. The molecule has 0 bridgehead atoms. The largest absolute Gasteiger partial charge is 0.497 e. The molecule has 0 saturated heterocycles. The van der Waals surface area contributed by atoms with Crippen molar-refractivity contribution in [2.75, 3.05) is 19.5 Å². The van der Waals surface area contributed by atoms with E-state index in [1.165, 1.54) is 17.7 Å². The normalized spacial score (nSPS) is 14.5. The van der Waals surface area contributed by atoms with Crippen molar-refractivity contribution in [3.05, 3.63) is 137 Å². The molecule has 0 saturated carbocycles. The highest BCUT2D eigenvalue weighted by Crippen LogP contribution is 2.35. The first-order valence-electron chi connectivity index (χ1n) is 13.7. The fourth-order valence-corrected chi connectivity index (χ4v) is 6.16. The van der Waals surface area contributed by atoms with Gasteiger partial charge in [0.05, 0.1) is 52.6 Å². The van der Waals surface area contributed by atoms with E-state index in [1.54, 1.807) is 68.6 Å². The molecule has 5 aromatic rings. The Bertz CT molecular complexity index is 2150. The zero-order valence-corrected chi connectivity index (χ0v) is 25.2. The molecule has 0 aliphatic carbocycles. The van der Waals surface area contributed by atoms with Crippen LogP contribution >= 0.6 is 11.3 Å². The van der Waals surface area contributed by atoms with Crippen molar-refractivity contribution in [1.82, 2.24) is 4.57 Å². The lowest BCUT2D eigenvalue weighted by atomic mass is 9.95. The lowest BCUT2D eigenvalue weighted by Crippen LogP contribution is -2.40. The first-order chi connectivity index (χ1) is 21.8. The van der Waals surface area contributed by atoms with Crippen LogP contribution in [0.3, 0.4) is 0 Å². The van der Waals surface area contributed by atoms with Crippen molar-refractivity contribution in [2.45, 2.75) is 13.0 Å². The summed E-state index contributed by atoms with van der Waals surface area (Å²) in [5, 5.41) is 14.6. The van der Waals surface area contributed by atoms with Crippen molar-refractivity contribution >= 4 is 34.7 Å². The van der Waals surface area contributed by atoms with E-state index in [1.807, 2.05) is 30.3 Å². The summed E-state index contributed by atoms with van der Waals surface area (Å²) in [4.78, 5) is 44.0. The van der Waals surface area contributed by atoms with Gasteiger partial charge < -0.3 is 19.2 Å². The van der Waals surface area contributed by atoms with Crippen LogP contribution in [-0.2, 0) is 4.79 Å². The maximum absolute atomic E-state index is 14.0. The third-order valence-corrected chi connectivity index (χ3v) is 8.28. The molecule has 6 rings (SSSR count). The van der Waals surface area contributed by atoms with Crippen LogP contribution in [-0.4, -0.2) is 29.6 Å². The number of methoxy groups -OCH3 is 2. The van der Waals surface area contributed by atoms with E-state index in [4.69, 9.17) is 13.9 Å². The first-order valence-corrected chi connectivity index (χ1v) is 14.5. The lowest BCUT2D eigenvalue weighted by Gasteiger charge is -2.25. The predicted molar refractivity (Wildman–Crippen MR) is 169 cm³/mol. The Hall–Kier alpha value is -5.75. The standard InChI is InChI=1S/C33H26N4O7S/c1-19-29(31(38)35-21-7-5-4-6-8-21)30(20-9-11-22(42-2)12-10-20)36-32(39)28(45-33(36)34-19)18-24-14-16-27(44-24)25-15-13-23(43-3)17-26(25)37(40)41/h4-18,30H,1-3H3,(H,35,38)/b28-18+/t30-/m1/s1.